The normalized spacial score (nSPS) is 20.5. The van der Waals surface area contributed by atoms with Crippen LogP contribution in [0, 0.1) is 11.3 Å². The highest BCUT2D eigenvalue weighted by atomic mass is 19.4. The van der Waals surface area contributed by atoms with E-state index in [0.717, 1.165) is 0 Å². The molecule has 6 nitrogen and oxygen atoms in total. The smallest absolute Gasteiger partial charge is 0.414 e. The summed E-state index contributed by atoms with van der Waals surface area (Å²) in [6.07, 6.45) is -5.31. The van der Waals surface area contributed by atoms with Crippen LogP contribution in [0.3, 0.4) is 0 Å². The van der Waals surface area contributed by atoms with Crippen molar-refractivity contribution in [1.29, 1.82) is 5.26 Å². The van der Waals surface area contributed by atoms with Crippen molar-refractivity contribution in [2.75, 3.05) is 0 Å². The van der Waals surface area contributed by atoms with Gasteiger partial charge in [-0.2, -0.15) is 18.4 Å². The zero-order chi connectivity index (χ0) is 17.9. The van der Waals surface area contributed by atoms with Gasteiger partial charge in [0.05, 0.1) is 11.1 Å². The van der Waals surface area contributed by atoms with Crippen LogP contribution in [0.25, 0.3) is 10.9 Å². The van der Waals surface area contributed by atoms with Gasteiger partial charge in [0, 0.05) is 12.4 Å². The van der Waals surface area contributed by atoms with E-state index in [2.05, 4.69) is 0 Å². The van der Waals surface area contributed by atoms with E-state index in [-0.39, 0.29) is 11.3 Å². The zero-order valence-corrected chi connectivity index (χ0v) is 12.2. The highest BCUT2D eigenvalue weighted by Gasteiger charge is 2.69. The fourth-order valence-electron chi connectivity index (χ4n) is 3.07. The van der Waals surface area contributed by atoms with Crippen LogP contribution in [0.1, 0.15) is 5.56 Å². The Hall–Kier alpha value is -3.15. The summed E-state index contributed by atoms with van der Waals surface area (Å²) in [5.74, 6) is -3.47. The lowest BCUT2D eigenvalue weighted by Crippen LogP contribution is -2.53. The molecule has 0 bridgehead atoms. The van der Waals surface area contributed by atoms with Crippen LogP contribution in [0.15, 0.2) is 35.7 Å². The molecule has 0 radical (unpaired) electrons. The molecular formula is C15H10F3N3O3. The first kappa shape index (κ1) is 15.7. The average Bonchev–Trinajstić information content (AvgIpc) is 2.78. The summed E-state index contributed by atoms with van der Waals surface area (Å²) in [4.78, 5) is 11.8. The molecule has 3 N–H and O–H groups in total. The molecule has 0 saturated heterocycles. The number of aryl methyl sites for hydroxylation is 1. The lowest BCUT2D eigenvalue weighted by molar-refractivity contribution is -0.197. The van der Waals surface area contributed by atoms with Gasteiger partial charge >= 0.3 is 12.1 Å². The fourth-order valence-corrected chi connectivity index (χ4v) is 3.07. The number of carboxylic acids is 1. The predicted molar refractivity (Wildman–Crippen MR) is 75.7 cm³/mol. The number of para-hydroxylation sites is 1. The molecule has 0 fully saturated rings. The minimum Gasteiger partial charge on any atom is -0.480 e. The first-order valence-corrected chi connectivity index (χ1v) is 6.64. The third-order valence-electron chi connectivity index (χ3n) is 4.11. The van der Waals surface area contributed by atoms with Crippen molar-refractivity contribution in [3.63, 3.8) is 0 Å². The summed E-state index contributed by atoms with van der Waals surface area (Å²) >= 11 is 0. The molecule has 2 heterocycles. The minimum atomic E-state index is -5.31. The van der Waals surface area contributed by atoms with Crippen LogP contribution in [0.4, 0.5) is 13.2 Å². The van der Waals surface area contributed by atoms with Gasteiger partial charge in [-0.15, -0.1) is 0 Å². The quantitative estimate of drug-likeness (QED) is 0.830. The van der Waals surface area contributed by atoms with Crippen LogP contribution < -0.4 is 10.5 Å². The second-order valence-corrected chi connectivity index (χ2v) is 5.26. The molecule has 2 aromatic rings. The van der Waals surface area contributed by atoms with E-state index in [1.807, 2.05) is 0 Å². The molecule has 1 aliphatic heterocycles. The van der Waals surface area contributed by atoms with Crippen molar-refractivity contribution in [3.8, 4) is 11.9 Å². The lowest BCUT2D eigenvalue weighted by atomic mass is 9.72. The number of ether oxygens (including phenoxy) is 1. The van der Waals surface area contributed by atoms with Gasteiger partial charge in [-0.3, -0.25) is 4.79 Å². The van der Waals surface area contributed by atoms with Crippen molar-refractivity contribution >= 4 is 16.9 Å². The van der Waals surface area contributed by atoms with E-state index in [1.165, 1.54) is 35.9 Å². The molecule has 1 aromatic carbocycles. The van der Waals surface area contributed by atoms with Crippen molar-refractivity contribution in [3.05, 3.63) is 41.3 Å². The Morgan fingerprint density at radius 2 is 2.04 bits per heavy atom. The highest BCUT2D eigenvalue weighted by molar-refractivity contribution is 5.99. The van der Waals surface area contributed by atoms with Gasteiger partial charge < -0.3 is 20.1 Å². The molecule has 3 rings (SSSR count). The Kier molecular flexibility index (Phi) is 3.06. The predicted octanol–water partition coefficient (Wildman–Crippen LogP) is 2.15. The van der Waals surface area contributed by atoms with Crippen LogP contribution in [-0.2, 0) is 17.3 Å². The Morgan fingerprint density at radius 3 is 2.58 bits per heavy atom. The average molecular weight is 337 g/mol. The Morgan fingerprint density at radius 1 is 1.42 bits per heavy atom. The van der Waals surface area contributed by atoms with Crippen LogP contribution in [-0.4, -0.2) is 21.8 Å². The number of rotatable bonds is 1. The zero-order valence-electron chi connectivity index (χ0n) is 12.2. The third-order valence-corrected chi connectivity index (χ3v) is 4.11. The first-order chi connectivity index (χ1) is 11.2. The number of hydrogen-bond donors (Lipinski definition) is 2. The number of halogens is 3. The SMILES string of the molecule is Cn1c2c(c3ccccc31)[C@](C(=O)O)(C(F)(F)F)C(C#N)=C(N)O2. The molecule has 0 spiro atoms. The first-order valence-electron chi connectivity index (χ1n) is 6.64. The van der Waals surface area contributed by atoms with Gasteiger partial charge in [0.2, 0.25) is 17.2 Å². The summed E-state index contributed by atoms with van der Waals surface area (Å²) < 4.78 is 48.4. The number of nitrogens with two attached hydrogens (primary N) is 1. The topological polar surface area (TPSA) is 101 Å². The van der Waals surface area contributed by atoms with Crippen LogP contribution >= 0.6 is 0 Å². The van der Waals surface area contributed by atoms with Crippen LogP contribution in [0.5, 0.6) is 5.88 Å². The van der Waals surface area contributed by atoms with E-state index in [0.29, 0.717) is 5.52 Å². The van der Waals surface area contributed by atoms with E-state index >= 15 is 0 Å². The number of carbonyl (C=O) groups is 1. The van der Waals surface area contributed by atoms with Gasteiger partial charge in [0.25, 0.3) is 0 Å². The molecule has 24 heavy (non-hydrogen) atoms. The fraction of sp³-hybridized carbons (Fsp3) is 0.200. The molecule has 9 heteroatoms. The molecular weight excluding hydrogens is 327 g/mol. The molecule has 0 unspecified atom stereocenters. The second-order valence-electron chi connectivity index (χ2n) is 5.26. The number of aromatic nitrogens is 1. The molecule has 1 aliphatic rings. The Balaban J connectivity index is 2.60. The van der Waals surface area contributed by atoms with Crippen molar-refractivity contribution in [1.82, 2.24) is 4.57 Å². The van der Waals surface area contributed by atoms with Crippen molar-refractivity contribution in [2.24, 2.45) is 12.8 Å². The summed E-state index contributed by atoms with van der Waals surface area (Å²) in [6.45, 7) is 0. The van der Waals surface area contributed by atoms with Crippen molar-refractivity contribution in [2.45, 2.75) is 11.6 Å². The highest BCUT2D eigenvalue weighted by Crippen LogP contribution is 2.55. The monoisotopic (exact) mass is 337 g/mol. The summed E-state index contributed by atoms with van der Waals surface area (Å²) in [6, 6.07) is 7.19. The number of alkyl halides is 3. The van der Waals surface area contributed by atoms with E-state index < -0.39 is 34.6 Å². The van der Waals surface area contributed by atoms with Gasteiger partial charge in [-0.05, 0) is 6.07 Å². The molecule has 1 atom stereocenters. The summed E-state index contributed by atoms with van der Waals surface area (Å²) in [5.41, 5.74) is 0.354. The number of carboxylic acid groups (broad SMARTS) is 1. The second kappa shape index (κ2) is 4.67. The van der Waals surface area contributed by atoms with E-state index in [9.17, 15) is 28.3 Å². The number of nitriles is 1. The van der Waals surface area contributed by atoms with Gasteiger partial charge in [0.1, 0.15) is 11.6 Å². The van der Waals surface area contributed by atoms with Gasteiger partial charge in [-0.1, -0.05) is 18.2 Å². The van der Waals surface area contributed by atoms with E-state index in [4.69, 9.17) is 10.5 Å². The van der Waals surface area contributed by atoms with E-state index in [1.54, 1.807) is 6.07 Å². The molecule has 124 valence electrons. The number of fused-ring (bicyclic) bond motifs is 3. The lowest BCUT2D eigenvalue weighted by Gasteiger charge is -2.35. The molecule has 1 aromatic heterocycles. The Labute approximate surface area is 133 Å². The maximum Gasteiger partial charge on any atom is 0.414 e. The summed E-state index contributed by atoms with van der Waals surface area (Å²) in [5, 5.41) is 18.7. The largest absolute Gasteiger partial charge is 0.480 e. The van der Waals surface area contributed by atoms with Crippen LogP contribution in [0.2, 0.25) is 0 Å². The third kappa shape index (κ3) is 1.62. The maximum absolute atomic E-state index is 14.0. The van der Waals surface area contributed by atoms with Gasteiger partial charge in [0.15, 0.2) is 0 Å². The summed E-state index contributed by atoms with van der Waals surface area (Å²) in [7, 11) is 1.43. The molecule has 0 aliphatic carbocycles. The van der Waals surface area contributed by atoms with Gasteiger partial charge in [-0.25, -0.2) is 0 Å². The number of benzene rings is 1. The maximum atomic E-state index is 14.0. The molecule has 0 amide bonds. The standard InChI is InChI=1S/C15H10F3N3O3/c1-21-9-5-3-2-4-7(9)10-12(21)24-11(20)8(6-19)14(10,13(22)23)15(16,17)18/h2-5H,20H2,1H3,(H,22,23)/t14-/m1/s1. The van der Waals surface area contributed by atoms with Crippen molar-refractivity contribution < 1.29 is 27.8 Å². The minimum absolute atomic E-state index is 0.0231. The number of hydrogen-bond acceptors (Lipinski definition) is 4. The Bertz CT molecular complexity index is 952. The number of nitrogens with zero attached hydrogens (tertiary/aromatic N) is 2. The number of aliphatic carboxylic acids is 1. The molecule has 0 saturated carbocycles.